The van der Waals surface area contributed by atoms with E-state index in [1.54, 1.807) is 0 Å². The molecule has 0 aromatic heterocycles. The number of sulfonamides is 1. The lowest BCUT2D eigenvalue weighted by atomic mass is 9.91. The molecule has 0 bridgehead atoms. The van der Waals surface area contributed by atoms with Crippen molar-refractivity contribution in [1.29, 1.82) is 0 Å². The molecular formula is C13H17BrClNO4S. The summed E-state index contributed by atoms with van der Waals surface area (Å²) >= 11 is 8.91. The van der Waals surface area contributed by atoms with E-state index in [0.717, 1.165) is 12.5 Å². The number of benzene rings is 1. The van der Waals surface area contributed by atoms with Gasteiger partial charge in [0.15, 0.2) is 0 Å². The van der Waals surface area contributed by atoms with Crippen LogP contribution in [0.25, 0.3) is 0 Å². The van der Waals surface area contributed by atoms with E-state index >= 15 is 0 Å². The Hall–Kier alpha value is -0.630. The van der Waals surface area contributed by atoms with Gasteiger partial charge in [-0.1, -0.05) is 32.4 Å². The quantitative estimate of drug-likeness (QED) is 0.768. The molecular weight excluding hydrogens is 382 g/mol. The molecule has 0 aliphatic rings. The summed E-state index contributed by atoms with van der Waals surface area (Å²) in [6.45, 7) is 6.11. The van der Waals surface area contributed by atoms with Crippen molar-refractivity contribution < 1.29 is 18.3 Å². The topological polar surface area (TPSA) is 83.5 Å². The van der Waals surface area contributed by atoms with Crippen molar-refractivity contribution >= 4 is 43.5 Å². The minimum Gasteiger partial charge on any atom is -0.478 e. The van der Waals surface area contributed by atoms with Crippen LogP contribution < -0.4 is 4.72 Å². The summed E-state index contributed by atoms with van der Waals surface area (Å²) in [5.74, 6) is -1.29. The Kier molecular flexibility index (Phi) is 5.83. The Morgan fingerprint density at radius 1 is 1.43 bits per heavy atom. The van der Waals surface area contributed by atoms with Crippen molar-refractivity contribution in [2.24, 2.45) is 5.41 Å². The zero-order valence-electron chi connectivity index (χ0n) is 11.9. The highest BCUT2D eigenvalue weighted by Crippen LogP contribution is 2.30. The summed E-state index contributed by atoms with van der Waals surface area (Å²) in [5.41, 5.74) is -0.451. The molecule has 0 saturated carbocycles. The molecule has 2 N–H and O–H groups in total. The molecule has 1 aromatic carbocycles. The molecule has 0 saturated heterocycles. The molecule has 118 valence electrons. The number of carboxylic acids is 1. The number of carbonyl (C=O) groups is 1. The Balaban J connectivity index is 3.18. The molecule has 0 radical (unpaired) electrons. The average Bonchev–Trinajstić information content (AvgIpc) is 2.39. The van der Waals surface area contributed by atoms with Gasteiger partial charge in [0.05, 0.1) is 15.5 Å². The van der Waals surface area contributed by atoms with E-state index in [1.807, 2.05) is 20.8 Å². The van der Waals surface area contributed by atoms with Gasteiger partial charge in [-0.2, -0.15) is 0 Å². The van der Waals surface area contributed by atoms with Crippen molar-refractivity contribution in [1.82, 2.24) is 4.72 Å². The minimum absolute atomic E-state index is 0.0321. The van der Waals surface area contributed by atoms with Gasteiger partial charge >= 0.3 is 5.97 Å². The van der Waals surface area contributed by atoms with Gasteiger partial charge < -0.3 is 5.11 Å². The van der Waals surface area contributed by atoms with Gasteiger partial charge in [-0.3, -0.25) is 0 Å². The molecule has 0 aliphatic carbocycles. The fourth-order valence-electron chi connectivity index (χ4n) is 1.37. The predicted octanol–water partition coefficient (Wildman–Crippen LogP) is 3.52. The van der Waals surface area contributed by atoms with Crippen LogP contribution in [-0.2, 0) is 10.0 Å². The lowest BCUT2D eigenvalue weighted by Crippen LogP contribution is -2.33. The molecule has 0 fully saturated rings. The highest BCUT2D eigenvalue weighted by molar-refractivity contribution is 9.10. The largest absolute Gasteiger partial charge is 0.478 e. The van der Waals surface area contributed by atoms with Crippen molar-refractivity contribution in [3.8, 4) is 0 Å². The number of aromatic carboxylic acids is 1. The van der Waals surface area contributed by atoms with E-state index in [4.69, 9.17) is 16.7 Å². The Morgan fingerprint density at radius 2 is 2.00 bits per heavy atom. The molecule has 0 heterocycles. The first-order valence-electron chi connectivity index (χ1n) is 6.22. The summed E-state index contributed by atoms with van der Waals surface area (Å²) in [4.78, 5) is 11.0. The van der Waals surface area contributed by atoms with Gasteiger partial charge in [0, 0.05) is 11.0 Å². The van der Waals surface area contributed by atoms with Gasteiger partial charge in [-0.05, 0) is 39.9 Å². The third-order valence-corrected chi connectivity index (χ3v) is 5.88. The first-order chi connectivity index (χ1) is 9.50. The Bertz CT molecular complexity index is 658. The van der Waals surface area contributed by atoms with Crippen LogP contribution in [-0.4, -0.2) is 26.0 Å². The molecule has 0 unspecified atom stereocenters. The molecule has 0 atom stereocenters. The van der Waals surface area contributed by atoms with Crippen molar-refractivity contribution in [3.05, 3.63) is 27.2 Å². The number of hydrogen-bond donors (Lipinski definition) is 2. The van der Waals surface area contributed by atoms with Gasteiger partial charge in [-0.15, -0.1) is 0 Å². The fourth-order valence-corrected chi connectivity index (χ4v) is 3.47. The van der Waals surface area contributed by atoms with Crippen LogP contribution in [0.2, 0.25) is 5.02 Å². The van der Waals surface area contributed by atoms with Crippen LogP contribution in [0.5, 0.6) is 0 Å². The molecule has 21 heavy (non-hydrogen) atoms. The monoisotopic (exact) mass is 397 g/mol. The molecule has 5 nitrogen and oxygen atoms in total. The Morgan fingerprint density at radius 3 is 2.48 bits per heavy atom. The maximum Gasteiger partial charge on any atom is 0.337 e. The number of rotatable bonds is 6. The van der Waals surface area contributed by atoms with E-state index < -0.39 is 16.0 Å². The van der Waals surface area contributed by atoms with Crippen LogP contribution in [0.4, 0.5) is 0 Å². The van der Waals surface area contributed by atoms with Crippen molar-refractivity contribution in [2.75, 3.05) is 6.54 Å². The van der Waals surface area contributed by atoms with Crippen molar-refractivity contribution in [2.45, 2.75) is 32.1 Å². The lowest BCUT2D eigenvalue weighted by molar-refractivity contribution is 0.0696. The molecule has 1 rings (SSSR count). The summed E-state index contributed by atoms with van der Waals surface area (Å²) in [7, 11) is -3.80. The van der Waals surface area contributed by atoms with Crippen LogP contribution in [0.1, 0.15) is 37.6 Å². The normalized spacial score (nSPS) is 12.4. The number of hydrogen-bond acceptors (Lipinski definition) is 3. The predicted molar refractivity (Wildman–Crippen MR) is 85.4 cm³/mol. The molecule has 1 aromatic rings. The zero-order valence-corrected chi connectivity index (χ0v) is 15.1. The maximum absolute atomic E-state index is 12.3. The second kappa shape index (κ2) is 6.64. The van der Waals surface area contributed by atoms with E-state index in [2.05, 4.69) is 20.7 Å². The molecule has 0 amide bonds. The van der Waals surface area contributed by atoms with Gasteiger partial charge in [-0.25, -0.2) is 17.9 Å². The van der Waals surface area contributed by atoms with E-state index in [9.17, 15) is 13.2 Å². The highest BCUT2D eigenvalue weighted by atomic mass is 79.9. The van der Waals surface area contributed by atoms with Crippen LogP contribution >= 0.6 is 27.5 Å². The average molecular weight is 399 g/mol. The first kappa shape index (κ1) is 18.4. The standard InChI is InChI=1S/C13H17BrClNO4S/c1-4-13(2,3)7-16-21(19,20)8-5-9(12(17)18)11(15)10(14)6-8/h5-6,16H,4,7H2,1-3H3,(H,17,18). The number of halogens is 2. The summed E-state index contributed by atoms with van der Waals surface area (Å²) in [6.07, 6.45) is 0.806. The second-order valence-electron chi connectivity index (χ2n) is 5.41. The maximum atomic E-state index is 12.3. The van der Waals surface area contributed by atoms with E-state index in [-0.39, 0.29) is 31.9 Å². The van der Waals surface area contributed by atoms with Crippen LogP contribution in [0.3, 0.4) is 0 Å². The summed E-state index contributed by atoms with van der Waals surface area (Å²) in [5, 5.41) is 9.02. The van der Waals surface area contributed by atoms with E-state index in [1.165, 1.54) is 6.07 Å². The molecule has 8 heteroatoms. The van der Waals surface area contributed by atoms with E-state index in [0.29, 0.717) is 0 Å². The minimum atomic E-state index is -3.80. The zero-order chi connectivity index (χ0) is 16.4. The van der Waals surface area contributed by atoms with Crippen molar-refractivity contribution in [3.63, 3.8) is 0 Å². The third kappa shape index (κ3) is 4.67. The number of carboxylic acid groups (broad SMARTS) is 1. The van der Waals surface area contributed by atoms with Crippen LogP contribution in [0.15, 0.2) is 21.5 Å². The number of nitrogens with one attached hydrogen (secondary N) is 1. The smallest absolute Gasteiger partial charge is 0.337 e. The Labute approximate surface area is 137 Å². The lowest BCUT2D eigenvalue weighted by Gasteiger charge is -2.22. The molecule has 0 aliphatic heterocycles. The highest BCUT2D eigenvalue weighted by Gasteiger charge is 2.23. The van der Waals surface area contributed by atoms with Gasteiger partial charge in [0.25, 0.3) is 0 Å². The third-order valence-electron chi connectivity index (χ3n) is 3.24. The summed E-state index contributed by atoms with van der Waals surface area (Å²) < 4.78 is 27.2. The van der Waals surface area contributed by atoms with Crippen LogP contribution in [0, 0.1) is 5.41 Å². The fraction of sp³-hybridized carbons (Fsp3) is 0.462. The first-order valence-corrected chi connectivity index (χ1v) is 8.87. The van der Waals surface area contributed by atoms with Gasteiger partial charge in [0.2, 0.25) is 10.0 Å². The second-order valence-corrected chi connectivity index (χ2v) is 8.41. The summed E-state index contributed by atoms with van der Waals surface area (Å²) in [6, 6.07) is 2.34. The van der Waals surface area contributed by atoms with Gasteiger partial charge in [0.1, 0.15) is 0 Å². The molecule has 0 spiro atoms. The SMILES string of the molecule is CCC(C)(C)CNS(=O)(=O)c1cc(Br)c(Cl)c(C(=O)O)c1.